The maximum Gasteiger partial charge on any atom is 0.112 e. The molecule has 1 N–H and O–H groups in total. The number of benzene rings is 1. The lowest BCUT2D eigenvalue weighted by molar-refractivity contribution is 0.792. The molecule has 0 unspecified atom stereocenters. The molecule has 3 nitrogen and oxygen atoms in total. The fourth-order valence-corrected chi connectivity index (χ4v) is 2.49. The molecule has 88 valence electrons. The summed E-state index contributed by atoms with van der Waals surface area (Å²) in [6.07, 6.45) is 7.20. The number of anilines is 1. The first-order chi connectivity index (χ1) is 8.34. The summed E-state index contributed by atoms with van der Waals surface area (Å²) in [7, 11) is 2.05. The second-order valence-corrected chi connectivity index (χ2v) is 4.60. The minimum absolute atomic E-state index is 0.925. The third-order valence-electron chi connectivity index (χ3n) is 3.46. The average molecular weight is 227 g/mol. The van der Waals surface area contributed by atoms with Crippen molar-refractivity contribution in [1.29, 1.82) is 0 Å². The number of aryl methyl sites for hydroxylation is 1. The molecular weight excluding hydrogens is 210 g/mol. The highest BCUT2D eigenvalue weighted by molar-refractivity contribution is 5.56. The Morgan fingerprint density at radius 2 is 2.35 bits per heavy atom. The molecule has 17 heavy (non-hydrogen) atoms. The Kier molecular flexibility index (Phi) is 2.59. The number of rotatable bonds is 2. The van der Waals surface area contributed by atoms with E-state index in [9.17, 15) is 0 Å². The van der Waals surface area contributed by atoms with Crippen LogP contribution in [-0.4, -0.2) is 16.1 Å². The molecule has 1 aliphatic rings. The zero-order valence-electron chi connectivity index (χ0n) is 10.1. The standard InChI is InChI=1S/C14H17N3/c1-17-9-8-16-14(17)10-11-4-2-6-13-12(11)5-3-7-15-13/h2,4,6,8-9,15H,3,5,7,10H2,1H3. The van der Waals surface area contributed by atoms with Crippen LogP contribution in [-0.2, 0) is 19.9 Å². The minimum atomic E-state index is 0.925. The molecule has 1 aromatic heterocycles. The summed E-state index contributed by atoms with van der Waals surface area (Å²) in [6, 6.07) is 6.53. The van der Waals surface area contributed by atoms with Crippen LogP contribution < -0.4 is 5.32 Å². The van der Waals surface area contributed by atoms with Gasteiger partial charge in [-0.25, -0.2) is 4.98 Å². The summed E-state index contributed by atoms with van der Waals surface area (Å²) in [5, 5.41) is 3.47. The van der Waals surface area contributed by atoms with E-state index in [1.165, 1.54) is 29.7 Å². The summed E-state index contributed by atoms with van der Waals surface area (Å²) in [5.41, 5.74) is 4.19. The number of aromatic nitrogens is 2. The second kappa shape index (κ2) is 4.24. The van der Waals surface area contributed by atoms with Crippen LogP contribution in [0.3, 0.4) is 0 Å². The average Bonchev–Trinajstić information content (AvgIpc) is 2.76. The lowest BCUT2D eigenvalue weighted by atomic mass is 9.95. The number of nitrogens with zero attached hydrogens (tertiary/aromatic N) is 2. The van der Waals surface area contributed by atoms with Crippen molar-refractivity contribution >= 4 is 5.69 Å². The van der Waals surface area contributed by atoms with Crippen molar-refractivity contribution in [3.8, 4) is 0 Å². The van der Waals surface area contributed by atoms with Crippen molar-refractivity contribution in [1.82, 2.24) is 9.55 Å². The highest BCUT2D eigenvalue weighted by atomic mass is 15.0. The summed E-state index contributed by atoms with van der Waals surface area (Å²) in [4.78, 5) is 4.40. The Balaban J connectivity index is 1.95. The van der Waals surface area contributed by atoms with Crippen molar-refractivity contribution < 1.29 is 0 Å². The van der Waals surface area contributed by atoms with Gasteiger partial charge in [0.25, 0.3) is 0 Å². The Hall–Kier alpha value is -1.77. The van der Waals surface area contributed by atoms with Gasteiger partial charge in [0.2, 0.25) is 0 Å². The molecule has 0 aliphatic carbocycles. The number of fused-ring (bicyclic) bond motifs is 1. The molecule has 0 atom stereocenters. The predicted octanol–water partition coefficient (Wildman–Crippen LogP) is 2.37. The van der Waals surface area contributed by atoms with Gasteiger partial charge in [-0.3, -0.25) is 0 Å². The zero-order valence-corrected chi connectivity index (χ0v) is 10.1. The quantitative estimate of drug-likeness (QED) is 0.853. The predicted molar refractivity (Wildman–Crippen MR) is 69.3 cm³/mol. The first-order valence-electron chi connectivity index (χ1n) is 6.15. The maximum absolute atomic E-state index is 4.40. The maximum atomic E-state index is 4.40. The highest BCUT2D eigenvalue weighted by Gasteiger charge is 2.13. The monoisotopic (exact) mass is 227 g/mol. The van der Waals surface area contributed by atoms with Gasteiger partial charge in [-0.2, -0.15) is 0 Å². The third-order valence-corrected chi connectivity index (χ3v) is 3.46. The smallest absolute Gasteiger partial charge is 0.112 e. The van der Waals surface area contributed by atoms with E-state index >= 15 is 0 Å². The Morgan fingerprint density at radius 3 is 3.18 bits per heavy atom. The molecule has 0 spiro atoms. The summed E-state index contributed by atoms with van der Waals surface area (Å²) >= 11 is 0. The summed E-state index contributed by atoms with van der Waals surface area (Å²) < 4.78 is 2.09. The molecule has 0 bridgehead atoms. The van der Waals surface area contributed by atoms with Gasteiger partial charge >= 0.3 is 0 Å². The zero-order chi connectivity index (χ0) is 11.7. The Bertz CT molecular complexity index is 528. The SMILES string of the molecule is Cn1ccnc1Cc1cccc2c1CCCN2. The van der Waals surface area contributed by atoms with Crippen molar-refractivity contribution in [3.05, 3.63) is 47.5 Å². The van der Waals surface area contributed by atoms with Gasteiger partial charge in [0.15, 0.2) is 0 Å². The first-order valence-corrected chi connectivity index (χ1v) is 6.15. The second-order valence-electron chi connectivity index (χ2n) is 4.60. The molecular formula is C14H17N3. The minimum Gasteiger partial charge on any atom is -0.385 e. The van der Waals surface area contributed by atoms with Crippen LogP contribution in [0.2, 0.25) is 0 Å². The van der Waals surface area contributed by atoms with Gasteiger partial charge < -0.3 is 9.88 Å². The summed E-state index contributed by atoms with van der Waals surface area (Å²) in [6.45, 7) is 1.10. The van der Waals surface area contributed by atoms with Gasteiger partial charge in [-0.15, -0.1) is 0 Å². The van der Waals surface area contributed by atoms with Crippen LogP contribution in [0.25, 0.3) is 0 Å². The topological polar surface area (TPSA) is 29.9 Å². The molecule has 2 aromatic rings. The molecule has 2 heterocycles. The van der Waals surface area contributed by atoms with Crippen LogP contribution in [0.5, 0.6) is 0 Å². The van der Waals surface area contributed by atoms with Crippen LogP contribution in [0, 0.1) is 0 Å². The van der Waals surface area contributed by atoms with E-state index < -0.39 is 0 Å². The lowest BCUT2D eigenvalue weighted by Gasteiger charge is -2.20. The highest BCUT2D eigenvalue weighted by Crippen LogP contribution is 2.26. The number of nitrogens with one attached hydrogen (secondary N) is 1. The Morgan fingerprint density at radius 1 is 1.41 bits per heavy atom. The van der Waals surface area contributed by atoms with Crippen molar-refractivity contribution in [2.45, 2.75) is 19.3 Å². The molecule has 0 radical (unpaired) electrons. The fourth-order valence-electron chi connectivity index (χ4n) is 2.49. The number of hydrogen-bond acceptors (Lipinski definition) is 2. The number of hydrogen-bond donors (Lipinski definition) is 1. The van der Waals surface area contributed by atoms with Gasteiger partial charge in [0, 0.05) is 38.1 Å². The van der Waals surface area contributed by atoms with Gasteiger partial charge in [0.05, 0.1) is 0 Å². The molecule has 3 heteroatoms. The lowest BCUT2D eigenvalue weighted by Crippen LogP contribution is -2.14. The molecule has 0 saturated heterocycles. The number of imidazole rings is 1. The van der Waals surface area contributed by atoms with Gasteiger partial charge in [0.1, 0.15) is 5.82 Å². The first kappa shape index (κ1) is 10.4. The van der Waals surface area contributed by atoms with Gasteiger partial charge in [-0.1, -0.05) is 12.1 Å². The van der Waals surface area contributed by atoms with Crippen LogP contribution >= 0.6 is 0 Å². The molecule has 0 fully saturated rings. The molecule has 0 saturated carbocycles. The molecule has 0 amide bonds. The summed E-state index contributed by atoms with van der Waals surface area (Å²) in [5.74, 6) is 1.13. The van der Waals surface area contributed by atoms with E-state index in [1.54, 1.807) is 0 Å². The normalized spacial score (nSPS) is 14.2. The van der Waals surface area contributed by atoms with Crippen molar-refractivity contribution in [2.75, 3.05) is 11.9 Å². The van der Waals surface area contributed by atoms with E-state index in [1.807, 2.05) is 12.4 Å². The Labute approximate surface area is 101 Å². The molecule has 1 aliphatic heterocycles. The van der Waals surface area contributed by atoms with Crippen LogP contribution in [0.15, 0.2) is 30.6 Å². The fraction of sp³-hybridized carbons (Fsp3) is 0.357. The van der Waals surface area contributed by atoms with E-state index in [2.05, 4.69) is 40.1 Å². The third kappa shape index (κ3) is 1.93. The van der Waals surface area contributed by atoms with E-state index in [4.69, 9.17) is 0 Å². The molecule has 1 aromatic carbocycles. The van der Waals surface area contributed by atoms with E-state index in [0.717, 1.165) is 18.8 Å². The van der Waals surface area contributed by atoms with E-state index in [0.29, 0.717) is 0 Å². The van der Waals surface area contributed by atoms with Crippen molar-refractivity contribution in [2.24, 2.45) is 7.05 Å². The van der Waals surface area contributed by atoms with Crippen molar-refractivity contribution in [3.63, 3.8) is 0 Å². The van der Waals surface area contributed by atoms with E-state index in [-0.39, 0.29) is 0 Å². The van der Waals surface area contributed by atoms with Gasteiger partial charge in [-0.05, 0) is 30.0 Å². The van der Waals surface area contributed by atoms with Crippen LogP contribution in [0.1, 0.15) is 23.4 Å². The molecule has 3 rings (SSSR count). The van der Waals surface area contributed by atoms with Crippen LogP contribution in [0.4, 0.5) is 5.69 Å². The largest absolute Gasteiger partial charge is 0.385 e.